The Morgan fingerprint density at radius 3 is 3.20 bits per heavy atom. The molecule has 0 saturated carbocycles. The van der Waals surface area contributed by atoms with Gasteiger partial charge in [-0.3, -0.25) is 0 Å². The number of aryl methyl sites for hydroxylation is 1. The molecule has 0 aliphatic heterocycles. The summed E-state index contributed by atoms with van der Waals surface area (Å²) in [5.41, 5.74) is 2.39. The van der Waals surface area contributed by atoms with Crippen molar-refractivity contribution in [1.29, 1.82) is 0 Å². The summed E-state index contributed by atoms with van der Waals surface area (Å²) in [5, 5.41) is 3.31. The molecule has 0 aliphatic rings. The summed E-state index contributed by atoms with van der Waals surface area (Å²) in [6.07, 6.45) is 0. The van der Waals surface area contributed by atoms with Crippen LogP contribution in [0.5, 0.6) is 0 Å². The van der Waals surface area contributed by atoms with E-state index >= 15 is 0 Å². The average Bonchev–Trinajstić information content (AvgIpc) is 2.33. The fourth-order valence-corrected chi connectivity index (χ4v) is 1.61. The molecule has 0 bridgehead atoms. The van der Waals surface area contributed by atoms with Crippen LogP contribution in [0, 0.1) is 6.92 Å². The molecule has 10 heavy (non-hydrogen) atoms. The Morgan fingerprint density at radius 2 is 2.30 bits per heavy atom. The van der Waals surface area contributed by atoms with E-state index in [4.69, 9.17) is 0 Å². The lowest BCUT2D eigenvalue weighted by Crippen LogP contribution is -1.70. The minimum absolute atomic E-state index is 1.12. The molecule has 0 fully saturated rings. The minimum Gasteiger partial charge on any atom is -0.193 e. The third-order valence-corrected chi connectivity index (χ3v) is 2.18. The minimum atomic E-state index is 1.12. The van der Waals surface area contributed by atoms with Crippen LogP contribution in [0.1, 0.15) is 5.56 Å². The topological polar surface area (TPSA) is 12.9 Å². The van der Waals surface area contributed by atoms with Gasteiger partial charge in [0.2, 0.25) is 0 Å². The molecule has 1 heterocycles. The Balaban J connectivity index is 2.86. The summed E-state index contributed by atoms with van der Waals surface area (Å²) >= 11 is 1.51. The van der Waals surface area contributed by atoms with Crippen LogP contribution in [0.15, 0.2) is 23.6 Å². The molecule has 2 heteroatoms. The van der Waals surface area contributed by atoms with E-state index in [0.29, 0.717) is 0 Å². The first-order valence-corrected chi connectivity index (χ1v) is 4.01. The molecule has 0 unspecified atom stereocenters. The lowest BCUT2D eigenvalue weighted by atomic mass is 10.2. The Bertz CT molecular complexity index is 351. The van der Waals surface area contributed by atoms with Gasteiger partial charge in [-0.05, 0) is 30.1 Å². The van der Waals surface area contributed by atoms with Crippen LogP contribution in [0.3, 0.4) is 0 Å². The second-order valence-electron chi connectivity index (χ2n) is 2.38. The fourth-order valence-electron chi connectivity index (χ4n) is 0.972. The number of hydrogen-bond acceptors (Lipinski definition) is 2. The Hall–Kier alpha value is -0.890. The van der Waals surface area contributed by atoms with Gasteiger partial charge in [0.05, 0.1) is 5.52 Å². The summed E-state index contributed by atoms with van der Waals surface area (Å²) in [4.78, 5) is 0. The van der Waals surface area contributed by atoms with Crippen molar-refractivity contribution in [2.24, 2.45) is 0 Å². The predicted octanol–water partition coefficient (Wildman–Crippen LogP) is 2.60. The lowest BCUT2D eigenvalue weighted by molar-refractivity contribution is 1.49. The molecule has 2 aromatic rings. The zero-order valence-corrected chi connectivity index (χ0v) is 6.48. The van der Waals surface area contributed by atoms with Gasteiger partial charge in [0, 0.05) is 10.8 Å². The Kier molecular flexibility index (Phi) is 1.21. The quantitative estimate of drug-likeness (QED) is 0.561. The Morgan fingerprint density at radius 1 is 1.40 bits per heavy atom. The van der Waals surface area contributed by atoms with Crippen LogP contribution in [0.2, 0.25) is 0 Å². The normalized spacial score (nSPS) is 10.5. The maximum atomic E-state index is 4.22. The van der Waals surface area contributed by atoms with Crippen LogP contribution in [0.4, 0.5) is 0 Å². The molecule has 0 atom stereocenters. The monoisotopic (exact) mass is 149 g/mol. The van der Waals surface area contributed by atoms with Crippen molar-refractivity contribution in [3.63, 3.8) is 0 Å². The number of benzene rings is 1. The van der Waals surface area contributed by atoms with Crippen LogP contribution in [-0.2, 0) is 0 Å². The van der Waals surface area contributed by atoms with Crippen LogP contribution >= 0.6 is 11.5 Å². The van der Waals surface area contributed by atoms with Gasteiger partial charge in [0.15, 0.2) is 0 Å². The summed E-state index contributed by atoms with van der Waals surface area (Å²) in [6.45, 7) is 2.08. The van der Waals surface area contributed by atoms with Crippen molar-refractivity contribution in [2.45, 2.75) is 6.92 Å². The number of hydrogen-bond donors (Lipinski definition) is 0. The maximum absolute atomic E-state index is 4.22. The molecule has 0 radical (unpaired) electrons. The van der Waals surface area contributed by atoms with Gasteiger partial charge in [-0.2, -0.15) is 4.37 Å². The molecule has 50 valence electrons. The van der Waals surface area contributed by atoms with Crippen molar-refractivity contribution >= 4 is 22.4 Å². The number of fused-ring (bicyclic) bond motifs is 1. The van der Waals surface area contributed by atoms with Gasteiger partial charge in [-0.15, -0.1) is 0 Å². The molecule has 1 aromatic carbocycles. The molecule has 0 N–H and O–H groups in total. The average molecular weight is 149 g/mol. The molecule has 1 nitrogen and oxygen atoms in total. The zero-order chi connectivity index (χ0) is 6.97. The molecule has 0 saturated heterocycles. The van der Waals surface area contributed by atoms with Crippen molar-refractivity contribution in [1.82, 2.24) is 4.37 Å². The molecule has 1 aromatic heterocycles. The highest BCUT2D eigenvalue weighted by Crippen LogP contribution is 2.15. The summed E-state index contributed by atoms with van der Waals surface area (Å²) in [6, 6.07) is 6.32. The highest BCUT2D eigenvalue weighted by atomic mass is 32.1. The molecule has 0 aliphatic carbocycles. The smallest absolute Gasteiger partial charge is 0.0843 e. The van der Waals surface area contributed by atoms with E-state index in [-0.39, 0.29) is 0 Å². The third-order valence-electron chi connectivity index (χ3n) is 1.52. The SMILES string of the molecule is Cc1ccc2csnc2c1. The first-order valence-electron chi connectivity index (χ1n) is 3.17. The van der Waals surface area contributed by atoms with Gasteiger partial charge in [0.1, 0.15) is 0 Å². The molecule has 2 rings (SSSR count). The highest BCUT2D eigenvalue weighted by Gasteiger charge is 1.93. The van der Waals surface area contributed by atoms with E-state index in [0.717, 1.165) is 5.52 Å². The lowest BCUT2D eigenvalue weighted by Gasteiger charge is -1.88. The number of aromatic nitrogens is 1. The van der Waals surface area contributed by atoms with Crippen molar-refractivity contribution in [3.8, 4) is 0 Å². The summed E-state index contributed by atoms with van der Waals surface area (Å²) < 4.78 is 4.22. The van der Waals surface area contributed by atoms with Gasteiger partial charge in [-0.25, -0.2) is 0 Å². The summed E-state index contributed by atoms with van der Waals surface area (Å²) in [5.74, 6) is 0. The fraction of sp³-hybridized carbons (Fsp3) is 0.125. The van der Waals surface area contributed by atoms with Crippen LogP contribution < -0.4 is 0 Å². The molecule has 0 spiro atoms. The summed E-state index contributed by atoms with van der Waals surface area (Å²) in [7, 11) is 0. The highest BCUT2D eigenvalue weighted by molar-refractivity contribution is 7.04. The Labute approximate surface area is 63.5 Å². The molecular weight excluding hydrogens is 142 g/mol. The maximum Gasteiger partial charge on any atom is 0.0843 e. The van der Waals surface area contributed by atoms with Crippen LogP contribution in [0.25, 0.3) is 10.9 Å². The van der Waals surface area contributed by atoms with Gasteiger partial charge in [0.25, 0.3) is 0 Å². The van der Waals surface area contributed by atoms with E-state index in [1.807, 2.05) is 0 Å². The first kappa shape index (κ1) is 5.86. The second kappa shape index (κ2) is 2.06. The van der Waals surface area contributed by atoms with Crippen molar-refractivity contribution in [2.75, 3.05) is 0 Å². The van der Waals surface area contributed by atoms with E-state index < -0.39 is 0 Å². The second-order valence-corrected chi connectivity index (χ2v) is 3.01. The number of nitrogens with zero attached hydrogens (tertiary/aromatic N) is 1. The van der Waals surface area contributed by atoms with E-state index in [2.05, 4.69) is 34.9 Å². The van der Waals surface area contributed by atoms with Crippen LogP contribution in [-0.4, -0.2) is 4.37 Å². The number of rotatable bonds is 0. The van der Waals surface area contributed by atoms with Gasteiger partial charge in [-0.1, -0.05) is 12.1 Å². The van der Waals surface area contributed by atoms with Crippen molar-refractivity contribution < 1.29 is 0 Å². The van der Waals surface area contributed by atoms with E-state index in [9.17, 15) is 0 Å². The zero-order valence-electron chi connectivity index (χ0n) is 5.66. The molecule has 0 amide bonds. The van der Waals surface area contributed by atoms with Crippen molar-refractivity contribution in [3.05, 3.63) is 29.1 Å². The largest absolute Gasteiger partial charge is 0.193 e. The molecular formula is C8H7NS. The van der Waals surface area contributed by atoms with Gasteiger partial charge >= 0.3 is 0 Å². The van der Waals surface area contributed by atoms with E-state index in [1.54, 1.807) is 0 Å². The van der Waals surface area contributed by atoms with E-state index in [1.165, 1.54) is 22.5 Å². The standard InChI is InChI=1S/C8H7NS/c1-6-2-3-7-5-10-9-8(7)4-6/h2-5H,1H3. The predicted molar refractivity (Wildman–Crippen MR) is 44.4 cm³/mol. The third kappa shape index (κ3) is 0.809. The van der Waals surface area contributed by atoms with Gasteiger partial charge < -0.3 is 0 Å². The first-order chi connectivity index (χ1) is 4.86.